The number of methoxy groups -OCH3 is 2. The molecule has 0 atom stereocenters. The van der Waals surface area contributed by atoms with Crippen LogP contribution >= 0.6 is 11.8 Å². The van der Waals surface area contributed by atoms with Crippen LogP contribution in [-0.4, -0.2) is 43.3 Å². The number of benzene rings is 2. The molecule has 0 N–H and O–H groups in total. The Morgan fingerprint density at radius 3 is 2.42 bits per heavy atom. The van der Waals surface area contributed by atoms with Gasteiger partial charge >= 0.3 is 0 Å². The molecular weight excluding hydrogens is 355 g/mol. The lowest BCUT2D eigenvalue weighted by Crippen LogP contribution is -2.32. The lowest BCUT2D eigenvalue weighted by atomic mass is 10.1. The van der Waals surface area contributed by atoms with Crippen molar-refractivity contribution in [3.05, 3.63) is 59.4 Å². The maximum atomic E-state index is 13.0. The predicted molar refractivity (Wildman–Crippen MR) is 101 cm³/mol. The molecule has 2 aromatic rings. The van der Waals surface area contributed by atoms with Crippen molar-refractivity contribution in [3.8, 4) is 11.5 Å². The minimum atomic E-state index is -0.263. The number of carbonyl (C=O) groups excluding carboxylic acids is 1. The fraction of sp³-hybridized carbons (Fsp3) is 0.263. The second-order valence-corrected chi connectivity index (χ2v) is 6.58. The Kier molecular flexibility index (Phi) is 5.78. The third-order valence-corrected chi connectivity index (χ3v) is 5.01. The van der Waals surface area contributed by atoms with Crippen LogP contribution in [0.3, 0.4) is 0 Å². The first-order valence-electron chi connectivity index (χ1n) is 8.07. The van der Waals surface area contributed by atoms with Gasteiger partial charge in [0.25, 0.3) is 5.91 Å². The number of aliphatic imine (C=N–C) groups is 1. The standard InChI is InChI=1S/C19H19FN2O3S/c1-24-16-9-14(10-17(11-16)25-2)18(23)22-8-7-21-19(22)26-12-13-3-5-15(20)6-4-13/h3-6,9-11H,7-8,12H2,1-2H3. The lowest BCUT2D eigenvalue weighted by Gasteiger charge is -2.18. The quantitative estimate of drug-likeness (QED) is 0.803. The Bertz CT molecular complexity index is 802. The van der Waals surface area contributed by atoms with Crippen molar-refractivity contribution in [1.82, 2.24) is 4.90 Å². The largest absolute Gasteiger partial charge is 0.497 e. The van der Waals surface area contributed by atoms with Crippen molar-refractivity contribution in [3.63, 3.8) is 0 Å². The summed E-state index contributed by atoms with van der Waals surface area (Å²) in [7, 11) is 3.09. The van der Waals surface area contributed by atoms with Crippen LogP contribution in [0.2, 0.25) is 0 Å². The van der Waals surface area contributed by atoms with Crippen LogP contribution in [0.25, 0.3) is 0 Å². The van der Waals surface area contributed by atoms with Crippen LogP contribution in [0.5, 0.6) is 11.5 Å². The summed E-state index contributed by atoms with van der Waals surface area (Å²) in [6, 6.07) is 11.4. The molecule has 5 nitrogen and oxygen atoms in total. The zero-order chi connectivity index (χ0) is 18.5. The van der Waals surface area contributed by atoms with E-state index >= 15 is 0 Å². The highest BCUT2D eigenvalue weighted by molar-refractivity contribution is 8.13. The number of amidine groups is 1. The van der Waals surface area contributed by atoms with Gasteiger partial charge in [0.1, 0.15) is 17.3 Å². The predicted octanol–water partition coefficient (Wildman–Crippen LogP) is 3.59. The van der Waals surface area contributed by atoms with E-state index in [0.717, 1.165) is 5.56 Å². The van der Waals surface area contributed by atoms with Crippen LogP contribution in [-0.2, 0) is 5.75 Å². The monoisotopic (exact) mass is 374 g/mol. The van der Waals surface area contributed by atoms with Gasteiger partial charge in [-0.1, -0.05) is 23.9 Å². The third kappa shape index (κ3) is 4.16. The number of hydrogen-bond acceptors (Lipinski definition) is 5. The van der Waals surface area contributed by atoms with Crippen molar-refractivity contribution in [1.29, 1.82) is 0 Å². The van der Waals surface area contributed by atoms with E-state index in [1.807, 2.05) is 0 Å². The van der Waals surface area contributed by atoms with Gasteiger partial charge < -0.3 is 9.47 Å². The molecule has 136 valence electrons. The van der Waals surface area contributed by atoms with Crippen molar-refractivity contribution >= 4 is 22.8 Å². The molecule has 0 fully saturated rings. The highest BCUT2D eigenvalue weighted by Gasteiger charge is 2.26. The van der Waals surface area contributed by atoms with E-state index in [1.54, 1.807) is 49.5 Å². The smallest absolute Gasteiger partial charge is 0.260 e. The van der Waals surface area contributed by atoms with E-state index in [-0.39, 0.29) is 11.7 Å². The van der Waals surface area contributed by atoms with Gasteiger partial charge in [0.05, 0.1) is 20.8 Å². The number of ether oxygens (including phenoxy) is 2. The van der Waals surface area contributed by atoms with Gasteiger partial charge in [0.15, 0.2) is 5.17 Å². The van der Waals surface area contributed by atoms with Crippen LogP contribution in [0.15, 0.2) is 47.5 Å². The Hall–Kier alpha value is -2.54. The molecule has 1 aliphatic rings. The molecule has 0 radical (unpaired) electrons. The molecule has 1 heterocycles. The highest BCUT2D eigenvalue weighted by atomic mass is 32.2. The number of thioether (sulfide) groups is 1. The average molecular weight is 374 g/mol. The maximum absolute atomic E-state index is 13.0. The number of amides is 1. The third-order valence-electron chi connectivity index (χ3n) is 3.93. The van der Waals surface area contributed by atoms with Gasteiger partial charge in [-0.3, -0.25) is 14.7 Å². The summed E-state index contributed by atoms with van der Waals surface area (Å²) in [5, 5.41) is 0.668. The van der Waals surface area contributed by atoms with Gasteiger partial charge in [-0.15, -0.1) is 0 Å². The first-order valence-corrected chi connectivity index (χ1v) is 9.06. The molecule has 1 amide bonds. The van der Waals surface area contributed by atoms with E-state index in [0.29, 0.717) is 41.1 Å². The van der Waals surface area contributed by atoms with Gasteiger partial charge in [-0.2, -0.15) is 0 Å². The molecule has 0 unspecified atom stereocenters. The number of nitrogens with zero attached hydrogens (tertiary/aromatic N) is 2. The van der Waals surface area contributed by atoms with Gasteiger partial charge in [0.2, 0.25) is 0 Å². The first kappa shape index (κ1) is 18.3. The fourth-order valence-corrected chi connectivity index (χ4v) is 3.55. The van der Waals surface area contributed by atoms with Crippen LogP contribution in [0.4, 0.5) is 4.39 Å². The zero-order valence-electron chi connectivity index (χ0n) is 14.6. The minimum absolute atomic E-state index is 0.148. The van der Waals surface area contributed by atoms with Crippen LogP contribution < -0.4 is 9.47 Å². The summed E-state index contributed by atoms with van der Waals surface area (Å²) < 4.78 is 23.5. The Balaban J connectivity index is 1.72. The average Bonchev–Trinajstić information content (AvgIpc) is 3.15. The molecule has 0 aromatic heterocycles. The Morgan fingerprint density at radius 1 is 1.15 bits per heavy atom. The molecule has 2 aromatic carbocycles. The van der Waals surface area contributed by atoms with E-state index in [1.165, 1.54) is 23.9 Å². The van der Waals surface area contributed by atoms with Crippen molar-refractivity contribution in [2.24, 2.45) is 4.99 Å². The summed E-state index contributed by atoms with van der Waals surface area (Å²) in [4.78, 5) is 19.0. The van der Waals surface area contributed by atoms with Crippen molar-refractivity contribution in [2.75, 3.05) is 27.3 Å². The second-order valence-electron chi connectivity index (χ2n) is 5.64. The summed E-state index contributed by atoms with van der Waals surface area (Å²) in [5.74, 6) is 1.32. The number of hydrogen-bond donors (Lipinski definition) is 0. The highest BCUT2D eigenvalue weighted by Crippen LogP contribution is 2.26. The Labute approximate surface area is 155 Å². The second kappa shape index (κ2) is 8.23. The number of halogens is 1. The molecule has 1 aliphatic heterocycles. The van der Waals surface area contributed by atoms with E-state index in [9.17, 15) is 9.18 Å². The molecule has 26 heavy (non-hydrogen) atoms. The summed E-state index contributed by atoms with van der Waals surface area (Å²) in [5.41, 5.74) is 1.46. The van der Waals surface area contributed by atoms with E-state index < -0.39 is 0 Å². The van der Waals surface area contributed by atoms with Crippen LogP contribution in [0, 0.1) is 5.82 Å². The van der Waals surface area contributed by atoms with Gasteiger partial charge in [0, 0.05) is 23.9 Å². The molecule has 3 rings (SSSR count). The van der Waals surface area contributed by atoms with E-state index in [4.69, 9.17) is 9.47 Å². The first-order chi connectivity index (χ1) is 12.6. The van der Waals surface area contributed by atoms with Crippen molar-refractivity contribution in [2.45, 2.75) is 5.75 Å². The van der Waals surface area contributed by atoms with Crippen LogP contribution in [0.1, 0.15) is 15.9 Å². The Morgan fingerprint density at radius 2 is 1.81 bits per heavy atom. The summed E-state index contributed by atoms with van der Waals surface area (Å²) >= 11 is 1.46. The summed E-state index contributed by atoms with van der Waals surface area (Å²) in [6.45, 7) is 1.10. The lowest BCUT2D eigenvalue weighted by molar-refractivity contribution is 0.0860. The topological polar surface area (TPSA) is 51.1 Å². The molecular formula is C19H19FN2O3S. The molecule has 7 heteroatoms. The normalized spacial score (nSPS) is 13.5. The zero-order valence-corrected chi connectivity index (χ0v) is 15.4. The molecule has 0 bridgehead atoms. The summed E-state index contributed by atoms with van der Waals surface area (Å²) in [6.07, 6.45) is 0. The molecule has 0 spiro atoms. The van der Waals surface area contributed by atoms with E-state index in [2.05, 4.69) is 4.99 Å². The SMILES string of the molecule is COc1cc(OC)cc(C(=O)N2CCN=C2SCc2ccc(F)cc2)c1. The molecule has 0 saturated heterocycles. The van der Waals surface area contributed by atoms with Gasteiger partial charge in [-0.05, 0) is 29.8 Å². The van der Waals surface area contributed by atoms with Crippen molar-refractivity contribution < 1.29 is 18.7 Å². The minimum Gasteiger partial charge on any atom is -0.497 e. The number of carbonyl (C=O) groups is 1. The molecule has 0 saturated carbocycles. The molecule has 0 aliphatic carbocycles. The fourth-order valence-electron chi connectivity index (χ4n) is 2.55. The number of rotatable bonds is 5. The van der Waals surface area contributed by atoms with Gasteiger partial charge in [-0.25, -0.2) is 4.39 Å². The maximum Gasteiger partial charge on any atom is 0.260 e.